The maximum absolute atomic E-state index is 5.70. The molecule has 0 aromatic heterocycles. The lowest BCUT2D eigenvalue weighted by Gasteiger charge is -2.23. The van der Waals surface area contributed by atoms with Crippen molar-refractivity contribution in [3.05, 3.63) is 12.3 Å². The van der Waals surface area contributed by atoms with E-state index in [0.29, 0.717) is 43.3 Å². The van der Waals surface area contributed by atoms with Gasteiger partial charge in [-0.3, -0.25) is 0 Å². The van der Waals surface area contributed by atoms with Crippen LogP contribution in [0.5, 0.6) is 0 Å². The molecule has 3 nitrogen and oxygen atoms in total. The van der Waals surface area contributed by atoms with E-state index in [9.17, 15) is 0 Å². The van der Waals surface area contributed by atoms with Crippen LogP contribution in [0.15, 0.2) is 12.3 Å². The highest BCUT2D eigenvalue weighted by Crippen LogP contribution is 2.13. The van der Waals surface area contributed by atoms with Crippen molar-refractivity contribution in [2.24, 2.45) is 17.8 Å². The molecule has 0 atom stereocenters. The van der Waals surface area contributed by atoms with Crippen LogP contribution in [-0.4, -0.2) is 26.1 Å². The minimum absolute atomic E-state index is 0.450. The van der Waals surface area contributed by atoms with Crippen LogP contribution >= 0.6 is 0 Å². The van der Waals surface area contributed by atoms with Gasteiger partial charge in [0.25, 0.3) is 0 Å². The Balaban J connectivity index is 4.20. The van der Waals surface area contributed by atoms with Gasteiger partial charge >= 0.3 is 0 Å². The highest BCUT2D eigenvalue weighted by Gasteiger charge is 2.17. The van der Waals surface area contributed by atoms with E-state index in [1.54, 1.807) is 0 Å². The Labute approximate surface area is 112 Å². The van der Waals surface area contributed by atoms with Crippen molar-refractivity contribution in [1.82, 2.24) is 0 Å². The van der Waals surface area contributed by atoms with Gasteiger partial charge in [0.1, 0.15) is 5.76 Å². The van der Waals surface area contributed by atoms with Crippen LogP contribution in [0, 0.1) is 17.8 Å². The first kappa shape index (κ1) is 17.5. The van der Waals surface area contributed by atoms with Gasteiger partial charge in [0.05, 0.1) is 19.8 Å². The monoisotopic (exact) mass is 258 g/mol. The zero-order valence-corrected chi connectivity index (χ0v) is 12.9. The van der Waals surface area contributed by atoms with E-state index in [-0.39, 0.29) is 0 Å². The van der Waals surface area contributed by atoms with Gasteiger partial charge in [0, 0.05) is 0 Å². The predicted molar refractivity (Wildman–Crippen MR) is 75.3 cm³/mol. The van der Waals surface area contributed by atoms with Crippen LogP contribution in [0.2, 0.25) is 0 Å². The summed E-state index contributed by atoms with van der Waals surface area (Å²) in [5, 5.41) is 0. The molecule has 0 spiro atoms. The molecule has 0 aliphatic heterocycles. The van der Waals surface area contributed by atoms with E-state index < -0.39 is 6.29 Å². The van der Waals surface area contributed by atoms with E-state index >= 15 is 0 Å². The maximum Gasteiger partial charge on any atom is 0.215 e. The zero-order chi connectivity index (χ0) is 14.1. The Bertz CT molecular complexity index is 210. The normalized spacial score (nSPS) is 11.9. The van der Waals surface area contributed by atoms with E-state index in [1.165, 1.54) is 0 Å². The molecule has 18 heavy (non-hydrogen) atoms. The number of ether oxygens (including phenoxy) is 3. The Morgan fingerprint density at radius 2 is 1.17 bits per heavy atom. The van der Waals surface area contributed by atoms with Crippen molar-refractivity contribution in [3.63, 3.8) is 0 Å². The first-order chi connectivity index (χ1) is 8.32. The SMILES string of the molecule is C=C(OCC(C)C)C(OCC(C)C)OCC(C)C. The van der Waals surface area contributed by atoms with Crippen LogP contribution in [0.3, 0.4) is 0 Å². The molecule has 0 unspecified atom stereocenters. The minimum Gasteiger partial charge on any atom is -0.493 e. The molecular weight excluding hydrogens is 228 g/mol. The van der Waals surface area contributed by atoms with Crippen molar-refractivity contribution in [1.29, 1.82) is 0 Å². The van der Waals surface area contributed by atoms with E-state index in [0.717, 1.165) is 0 Å². The van der Waals surface area contributed by atoms with Gasteiger partial charge in [-0.15, -0.1) is 0 Å². The fourth-order valence-corrected chi connectivity index (χ4v) is 1.14. The van der Waals surface area contributed by atoms with Crippen LogP contribution in [-0.2, 0) is 14.2 Å². The molecule has 0 aliphatic carbocycles. The molecule has 0 aromatic carbocycles. The second-order valence-corrected chi connectivity index (χ2v) is 5.96. The zero-order valence-electron chi connectivity index (χ0n) is 12.9. The van der Waals surface area contributed by atoms with Gasteiger partial charge in [-0.1, -0.05) is 48.1 Å². The molecule has 0 saturated carbocycles. The Hall–Kier alpha value is -0.540. The van der Waals surface area contributed by atoms with Crippen molar-refractivity contribution in [2.45, 2.75) is 47.8 Å². The second kappa shape index (κ2) is 9.40. The summed E-state index contributed by atoms with van der Waals surface area (Å²) in [6, 6.07) is 0. The first-order valence-electron chi connectivity index (χ1n) is 6.87. The fraction of sp³-hybridized carbons (Fsp3) is 0.867. The average Bonchev–Trinajstić information content (AvgIpc) is 2.25. The number of hydrogen-bond donors (Lipinski definition) is 0. The van der Waals surface area contributed by atoms with Gasteiger partial charge in [-0.25, -0.2) is 0 Å². The van der Waals surface area contributed by atoms with E-state index in [1.807, 2.05) is 0 Å². The van der Waals surface area contributed by atoms with Crippen LogP contribution in [0.4, 0.5) is 0 Å². The topological polar surface area (TPSA) is 27.7 Å². The van der Waals surface area contributed by atoms with Crippen LogP contribution < -0.4 is 0 Å². The molecule has 0 radical (unpaired) electrons. The third kappa shape index (κ3) is 9.49. The van der Waals surface area contributed by atoms with Gasteiger partial charge < -0.3 is 14.2 Å². The summed E-state index contributed by atoms with van der Waals surface area (Å²) in [6.07, 6.45) is -0.450. The molecule has 0 saturated heterocycles. The first-order valence-corrected chi connectivity index (χ1v) is 6.87. The molecule has 0 rings (SSSR count). The highest BCUT2D eigenvalue weighted by molar-refractivity contribution is 4.88. The van der Waals surface area contributed by atoms with Gasteiger partial charge in [-0.2, -0.15) is 0 Å². The third-order valence-corrected chi connectivity index (χ3v) is 2.03. The Kier molecular flexibility index (Phi) is 9.12. The van der Waals surface area contributed by atoms with Gasteiger partial charge in [0.2, 0.25) is 6.29 Å². The van der Waals surface area contributed by atoms with Crippen LogP contribution in [0.1, 0.15) is 41.5 Å². The predicted octanol–water partition coefficient (Wildman–Crippen LogP) is 3.84. The molecule has 0 bridgehead atoms. The Morgan fingerprint density at radius 3 is 1.50 bits per heavy atom. The lowest BCUT2D eigenvalue weighted by atomic mass is 10.2. The van der Waals surface area contributed by atoms with Crippen molar-refractivity contribution < 1.29 is 14.2 Å². The number of hydrogen-bond acceptors (Lipinski definition) is 3. The minimum atomic E-state index is -0.450. The van der Waals surface area contributed by atoms with E-state index in [4.69, 9.17) is 14.2 Å². The molecule has 0 aliphatic rings. The quantitative estimate of drug-likeness (QED) is 0.440. The van der Waals surface area contributed by atoms with Gasteiger partial charge in [-0.05, 0) is 17.8 Å². The summed E-state index contributed by atoms with van der Waals surface area (Å²) < 4.78 is 17.0. The van der Waals surface area contributed by atoms with Crippen molar-refractivity contribution in [3.8, 4) is 0 Å². The summed E-state index contributed by atoms with van der Waals surface area (Å²) in [6.45, 7) is 18.5. The fourth-order valence-electron chi connectivity index (χ4n) is 1.14. The summed E-state index contributed by atoms with van der Waals surface area (Å²) in [4.78, 5) is 0. The van der Waals surface area contributed by atoms with Crippen molar-refractivity contribution >= 4 is 0 Å². The second-order valence-electron chi connectivity index (χ2n) is 5.96. The number of rotatable bonds is 10. The maximum atomic E-state index is 5.70. The summed E-state index contributed by atoms with van der Waals surface area (Å²) in [7, 11) is 0. The lowest BCUT2D eigenvalue weighted by molar-refractivity contribution is -0.153. The molecule has 3 heteroatoms. The molecular formula is C15H30O3. The average molecular weight is 258 g/mol. The molecule has 0 aromatic rings. The summed E-state index contributed by atoms with van der Waals surface area (Å²) in [5.74, 6) is 1.98. The summed E-state index contributed by atoms with van der Waals surface area (Å²) >= 11 is 0. The molecule has 0 fully saturated rings. The van der Waals surface area contributed by atoms with Gasteiger partial charge in [0.15, 0.2) is 0 Å². The smallest absolute Gasteiger partial charge is 0.215 e. The highest BCUT2D eigenvalue weighted by atomic mass is 16.7. The molecule has 0 amide bonds. The largest absolute Gasteiger partial charge is 0.493 e. The van der Waals surface area contributed by atoms with Crippen molar-refractivity contribution in [2.75, 3.05) is 19.8 Å². The molecule has 0 N–H and O–H groups in total. The lowest BCUT2D eigenvalue weighted by Crippen LogP contribution is -2.25. The molecule has 0 heterocycles. The third-order valence-electron chi connectivity index (χ3n) is 2.03. The van der Waals surface area contributed by atoms with Crippen LogP contribution in [0.25, 0.3) is 0 Å². The standard InChI is InChI=1S/C15H30O3/c1-11(2)8-16-14(7)15(17-9-12(3)4)18-10-13(5)6/h11-13,15H,7-10H2,1-6H3. The summed E-state index contributed by atoms with van der Waals surface area (Å²) in [5.41, 5.74) is 0. The molecule has 108 valence electrons. The van der Waals surface area contributed by atoms with E-state index in [2.05, 4.69) is 48.1 Å². The Morgan fingerprint density at radius 1 is 0.778 bits per heavy atom.